The molecule has 0 radical (unpaired) electrons. The molecule has 35 heavy (non-hydrogen) atoms. The molecule has 14 heteroatoms. The monoisotopic (exact) mass is 573 g/mol. The van der Waals surface area contributed by atoms with E-state index >= 15 is 0 Å². The van der Waals surface area contributed by atoms with E-state index in [9.17, 15) is 14.4 Å². The lowest BCUT2D eigenvalue weighted by Gasteiger charge is -2.23. The highest BCUT2D eigenvalue weighted by molar-refractivity contribution is 8.08. The van der Waals surface area contributed by atoms with Crippen molar-refractivity contribution < 1.29 is 28.0 Å². The van der Waals surface area contributed by atoms with E-state index in [0.29, 0.717) is 34.3 Å². The van der Waals surface area contributed by atoms with Gasteiger partial charge in [-0.3, -0.25) is 14.4 Å². The van der Waals surface area contributed by atoms with Gasteiger partial charge in [0.25, 0.3) is 0 Å². The van der Waals surface area contributed by atoms with E-state index < -0.39 is 22.8 Å². The van der Waals surface area contributed by atoms with Crippen LogP contribution in [0.25, 0.3) is 0 Å². The Morgan fingerprint density at radius 2 is 0.771 bits per heavy atom. The molecule has 0 aliphatic rings. The highest BCUT2D eigenvalue weighted by atomic mass is 35.5. The van der Waals surface area contributed by atoms with Crippen molar-refractivity contribution in [1.29, 1.82) is 0 Å². The summed E-state index contributed by atoms with van der Waals surface area (Å²) in [5, 5.41) is 5.06. The Morgan fingerprint density at radius 1 is 0.543 bits per heavy atom. The number of benzene rings is 3. The molecule has 0 aliphatic heterocycles. The second kappa shape index (κ2) is 12.1. The Kier molecular flexibility index (Phi) is 9.20. The smallest absolute Gasteiger partial charge is 0.407 e. The average molecular weight is 575 g/mol. The van der Waals surface area contributed by atoms with Crippen molar-refractivity contribution in [2.24, 2.45) is 0 Å². The predicted octanol–water partition coefficient (Wildman–Crippen LogP) is 7.76. The van der Waals surface area contributed by atoms with Crippen LogP contribution in [0.15, 0.2) is 72.8 Å². The average Bonchev–Trinajstić information content (AvgIpc) is 2.77. The number of carbonyl (C=O) groups is 3. The summed E-state index contributed by atoms with van der Waals surface area (Å²) in [5.74, 6) is 0.911. The number of rotatable bonds is 9. The Bertz CT molecular complexity index is 1110. The third kappa shape index (κ3) is 8.93. The van der Waals surface area contributed by atoms with Gasteiger partial charge in [-0.25, -0.2) is 0 Å². The first kappa shape index (κ1) is 26.6. The molecule has 182 valence electrons. The number of carbonyl (C=O) groups excluding carboxylic acids is 3. The second-order valence-electron chi connectivity index (χ2n) is 6.49. The van der Waals surface area contributed by atoms with Crippen LogP contribution in [-0.2, 0) is 11.8 Å². The van der Waals surface area contributed by atoms with Gasteiger partial charge in [0.05, 0.1) is 0 Å². The van der Waals surface area contributed by atoms with Gasteiger partial charge in [0.2, 0.25) is 0 Å². The lowest BCUT2D eigenvalue weighted by atomic mass is 10.3. The van der Waals surface area contributed by atoms with Crippen molar-refractivity contribution in [2.45, 2.75) is 0 Å². The highest BCUT2D eigenvalue weighted by Gasteiger charge is 2.27. The van der Waals surface area contributed by atoms with Crippen molar-refractivity contribution in [3.63, 3.8) is 0 Å². The van der Waals surface area contributed by atoms with Crippen LogP contribution < -0.4 is 29.5 Å². The summed E-state index contributed by atoms with van der Waals surface area (Å²) in [6, 6.07) is 18.6. The van der Waals surface area contributed by atoms with Gasteiger partial charge in [-0.05, 0) is 108 Å². The molecule has 0 bridgehead atoms. The Hall–Kier alpha value is -3.01. The van der Waals surface area contributed by atoms with Crippen molar-refractivity contribution >= 4 is 86.5 Å². The van der Waals surface area contributed by atoms with Crippen molar-refractivity contribution in [2.75, 3.05) is 16.0 Å². The molecule has 0 heterocycles. The van der Waals surface area contributed by atoms with E-state index in [4.69, 9.17) is 60.2 Å². The van der Waals surface area contributed by atoms with Crippen LogP contribution >= 0.6 is 41.5 Å². The third-order valence-electron chi connectivity index (χ3n) is 3.94. The molecular formula is C21H15Cl3N3O6PS. The van der Waals surface area contributed by atoms with E-state index in [1.165, 1.54) is 0 Å². The van der Waals surface area contributed by atoms with E-state index in [1.807, 2.05) is 0 Å². The maximum absolute atomic E-state index is 11.0. The van der Waals surface area contributed by atoms with Gasteiger partial charge in [-0.1, -0.05) is 0 Å². The Morgan fingerprint density at radius 3 is 0.971 bits per heavy atom. The molecule has 0 fully saturated rings. The number of nitrogens with one attached hydrogen (secondary N) is 3. The highest BCUT2D eigenvalue weighted by Crippen LogP contribution is 2.50. The predicted molar refractivity (Wildman–Crippen MR) is 140 cm³/mol. The van der Waals surface area contributed by atoms with Crippen LogP contribution in [0.1, 0.15) is 0 Å². The van der Waals surface area contributed by atoms with Gasteiger partial charge in [0, 0.05) is 28.9 Å². The summed E-state index contributed by atoms with van der Waals surface area (Å²) in [7, 11) is 0. The lowest BCUT2D eigenvalue weighted by molar-refractivity contribution is 0.268. The molecule has 9 nitrogen and oxygen atoms in total. The van der Waals surface area contributed by atoms with Gasteiger partial charge in [-0.15, -0.1) is 0 Å². The minimum Gasteiger partial charge on any atom is -0.407 e. The molecule has 0 saturated heterocycles. The van der Waals surface area contributed by atoms with Crippen LogP contribution in [0, 0.1) is 0 Å². The largest absolute Gasteiger partial charge is 0.490 e. The summed E-state index contributed by atoms with van der Waals surface area (Å²) in [6.07, 6.45) is 0. The molecule has 0 aromatic heterocycles. The third-order valence-corrected chi connectivity index (χ3v) is 6.20. The molecule has 0 unspecified atom stereocenters. The quantitative estimate of drug-likeness (QED) is 0.136. The Labute approximate surface area is 219 Å². The maximum atomic E-state index is 11.0. The Balaban J connectivity index is 1.83. The first-order valence-corrected chi connectivity index (χ1v) is 13.2. The first-order chi connectivity index (χ1) is 16.6. The molecule has 3 aromatic carbocycles. The fraction of sp³-hybridized carbons (Fsp3) is 0. The summed E-state index contributed by atoms with van der Waals surface area (Å²) in [5.41, 5.74) is 1.34. The van der Waals surface area contributed by atoms with Gasteiger partial charge in [0.15, 0.2) is 0 Å². The van der Waals surface area contributed by atoms with Crippen LogP contribution in [-0.4, -0.2) is 16.1 Å². The summed E-state index contributed by atoms with van der Waals surface area (Å²) in [4.78, 5) is 33.0. The lowest BCUT2D eigenvalue weighted by Crippen LogP contribution is -2.08. The van der Waals surface area contributed by atoms with Gasteiger partial charge < -0.3 is 29.5 Å². The van der Waals surface area contributed by atoms with Crippen LogP contribution in [0.5, 0.6) is 17.2 Å². The number of amides is 3. The van der Waals surface area contributed by atoms with Crippen molar-refractivity contribution in [3.05, 3.63) is 72.8 Å². The van der Waals surface area contributed by atoms with E-state index in [0.717, 1.165) is 0 Å². The fourth-order valence-electron chi connectivity index (χ4n) is 2.58. The van der Waals surface area contributed by atoms with Gasteiger partial charge in [0.1, 0.15) is 17.2 Å². The van der Waals surface area contributed by atoms with Crippen molar-refractivity contribution in [1.82, 2.24) is 0 Å². The molecule has 3 rings (SSSR count). The summed E-state index contributed by atoms with van der Waals surface area (Å²) >= 11 is 21.6. The molecule has 0 spiro atoms. The van der Waals surface area contributed by atoms with Gasteiger partial charge in [-0.2, -0.15) is 0 Å². The number of hydrogen-bond donors (Lipinski definition) is 3. The first-order valence-electron chi connectivity index (χ1n) is 9.49. The van der Waals surface area contributed by atoms with Crippen molar-refractivity contribution in [3.8, 4) is 17.2 Å². The van der Waals surface area contributed by atoms with E-state index in [1.54, 1.807) is 72.8 Å². The van der Waals surface area contributed by atoms with Gasteiger partial charge >= 0.3 is 22.8 Å². The molecule has 3 aromatic rings. The zero-order valence-electron chi connectivity index (χ0n) is 17.4. The van der Waals surface area contributed by atoms with Crippen LogP contribution in [0.3, 0.4) is 0 Å². The number of anilines is 3. The number of halogens is 3. The van der Waals surface area contributed by atoms with E-state index in [2.05, 4.69) is 16.0 Å². The summed E-state index contributed by atoms with van der Waals surface area (Å²) < 4.78 is 17.7. The molecule has 0 saturated carbocycles. The van der Waals surface area contributed by atoms with E-state index in [-0.39, 0.29) is 0 Å². The molecule has 3 N–H and O–H groups in total. The topological polar surface area (TPSA) is 115 Å². The molecular weight excluding hydrogens is 560 g/mol. The normalized spacial score (nSPS) is 10.6. The van der Waals surface area contributed by atoms with Crippen LogP contribution in [0.2, 0.25) is 0 Å². The molecule has 3 amide bonds. The second-order valence-corrected chi connectivity index (χ2v) is 10.3. The zero-order chi connectivity index (χ0) is 25.4. The molecule has 0 aliphatic carbocycles. The summed E-state index contributed by atoms with van der Waals surface area (Å²) in [6.45, 7) is -3.52. The minimum atomic E-state index is -3.52. The zero-order valence-corrected chi connectivity index (χ0v) is 21.3. The fourth-order valence-corrected chi connectivity index (χ4v) is 4.93. The standard InChI is InChI=1S/C21H15Cl3N3O6PS/c22-19(28)25-13-1-7-16(8-2-13)31-34(35,32-17-9-3-14(4-10-17)26-20(23)29)33-18-11-5-15(6-12-18)27-21(24)30/h1-12H,(H,25,28)(H,26,29)(H,27,30). The molecule has 0 atom stereocenters. The maximum Gasteiger partial charge on any atom is 0.490 e. The number of hydrogen-bond acceptors (Lipinski definition) is 7. The minimum absolute atomic E-state index is 0.304. The SMILES string of the molecule is O=C(Cl)Nc1ccc(OP(=S)(Oc2ccc(NC(=O)Cl)cc2)Oc2ccc(NC(=O)Cl)cc2)cc1. The van der Waals surface area contributed by atoms with Crippen LogP contribution in [0.4, 0.5) is 31.4 Å².